The summed E-state index contributed by atoms with van der Waals surface area (Å²) in [6.07, 6.45) is 0.210. The van der Waals surface area contributed by atoms with Gasteiger partial charge in [-0.2, -0.15) is 0 Å². The second-order valence-corrected chi connectivity index (χ2v) is 3.42. The Bertz CT molecular complexity index is 273. The van der Waals surface area contributed by atoms with Crippen LogP contribution in [0.5, 0.6) is 0 Å². The lowest BCUT2D eigenvalue weighted by molar-refractivity contribution is 0.0755. The van der Waals surface area contributed by atoms with Crippen LogP contribution in [-0.2, 0) is 17.9 Å². The molecule has 0 radical (unpaired) electrons. The number of nitrogens with one attached hydrogen (secondary N) is 1. The zero-order chi connectivity index (χ0) is 11.1. The SMILES string of the molecule is CCOC(C)CNCc1ccc(CO)o1. The predicted octanol–water partition coefficient (Wildman–Crippen LogP) is 1.29. The molecule has 0 fully saturated rings. The van der Waals surface area contributed by atoms with Gasteiger partial charge in [0.2, 0.25) is 0 Å². The van der Waals surface area contributed by atoms with Crippen molar-refractivity contribution in [2.75, 3.05) is 13.2 Å². The molecule has 0 spiro atoms. The van der Waals surface area contributed by atoms with Crippen LogP contribution in [0.4, 0.5) is 0 Å². The van der Waals surface area contributed by atoms with Gasteiger partial charge in [0.05, 0.1) is 12.6 Å². The molecule has 0 saturated carbocycles. The van der Waals surface area contributed by atoms with Gasteiger partial charge in [0.15, 0.2) is 0 Å². The molecule has 4 heteroatoms. The molecule has 86 valence electrons. The highest BCUT2D eigenvalue weighted by Gasteiger charge is 2.03. The molecule has 0 amide bonds. The summed E-state index contributed by atoms with van der Waals surface area (Å²) in [6, 6.07) is 3.65. The highest BCUT2D eigenvalue weighted by Crippen LogP contribution is 2.06. The summed E-state index contributed by atoms with van der Waals surface area (Å²) in [7, 11) is 0. The van der Waals surface area contributed by atoms with E-state index >= 15 is 0 Å². The number of aliphatic hydroxyl groups excluding tert-OH is 1. The van der Waals surface area contributed by atoms with E-state index < -0.39 is 0 Å². The Morgan fingerprint density at radius 1 is 1.47 bits per heavy atom. The lowest BCUT2D eigenvalue weighted by Crippen LogP contribution is -2.26. The van der Waals surface area contributed by atoms with Crippen molar-refractivity contribution in [2.45, 2.75) is 33.1 Å². The fourth-order valence-corrected chi connectivity index (χ4v) is 1.34. The van der Waals surface area contributed by atoms with Crippen LogP contribution >= 0.6 is 0 Å². The molecule has 0 aliphatic heterocycles. The first-order chi connectivity index (χ1) is 7.26. The monoisotopic (exact) mass is 213 g/mol. The average molecular weight is 213 g/mol. The fraction of sp³-hybridized carbons (Fsp3) is 0.636. The summed E-state index contributed by atoms with van der Waals surface area (Å²) >= 11 is 0. The number of aliphatic hydroxyl groups is 1. The van der Waals surface area contributed by atoms with E-state index in [4.69, 9.17) is 14.3 Å². The molecule has 1 aromatic rings. The van der Waals surface area contributed by atoms with E-state index in [0.29, 0.717) is 12.3 Å². The van der Waals surface area contributed by atoms with E-state index in [1.54, 1.807) is 6.07 Å². The normalized spacial score (nSPS) is 13.0. The molecular formula is C11H19NO3. The molecule has 1 heterocycles. The topological polar surface area (TPSA) is 54.6 Å². The van der Waals surface area contributed by atoms with Gasteiger partial charge in [0, 0.05) is 13.2 Å². The lowest BCUT2D eigenvalue weighted by atomic mass is 10.3. The molecule has 1 unspecified atom stereocenters. The second kappa shape index (κ2) is 6.61. The van der Waals surface area contributed by atoms with Crippen LogP contribution in [0.15, 0.2) is 16.5 Å². The fourth-order valence-electron chi connectivity index (χ4n) is 1.34. The predicted molar refractivity (Wildman–Crippen MR) is 57.4 cm³/mol. The minimum absolute atomic E-state index is 0.0463. The molecule has 1 aromatic heterocycles. The molecule has 0 bridgehead atoms. The lowest BCUT2D eigenvalue weighted by Gasteiger charge is -2.11. The second-order valence-electron chi connectivity index (χ2n) is 3.42. The van der Waals surface area contributed by atoms with Gasteiger partial charge in [-0.1, -0.05) is 0 Å². The van der Waals surface area contributed by atoms with Crippen molar-refractivity contribution in [3.05, 3.63) is 23.7 Å². The third kappa shape index (κ3) is 4.46. The Balaban J connectivity index is 2.19. The summed E-state index contributed by atoms with van der Waals surface area (Å²) in [6.45, 7) is 6.16. The molecule has 1 atom stereocenters. The third-order valence-electron chi connectivity index (χ3n) is 2.06. The number of hydrogen-bond donors (Lipinski definition) is 2. The summed E-state index contributed by atoms with van der Waals surface area (Å²) in [5.41, 5.74) is 0. The van der Waals surface area contributed by atoms with Gasteiger partial charge in [-0.3, -0.25) is 0 Å². The summed E-state index contributed by atoms with van der Waals surface area (Å²) < 4.78 is 10.7. The first kappa shape index (κ1) is 12.2. The van der Waals surface area contributed by atoms with Crippen molar-refractivity contribution in [3.8, 4) is 0 Å². The van der Waals surface area contributed by atoms with Crippen LogP contribution in [0.1, 0.15) is 25.4 Å². The van der Waals surface area contributed by atoms with Crippen LogP contribution in [-0.4, -0.2) is 24.4 Å². The number of rotatable bonds is 7. The minimum atomic E-state index is -0.0463. The van der Waals surface area contributed by atoms with Crippen molar-refractivity contribution < 1.29 is 14.3 Å². The first-order valence-corrected chi connectivity index (χ1v) is 5.27. The van der Waals surface area contributed by atoms with E-state index in [9.17, 15) is 0 Å². The Morgan fingerprint density at radius 2 is 2.20 bits per heavy atom. The molecule has 15 heavy (non-hydrogen) atoms. The molecular weight excluding hydrogens is 194 g/mol. The van der Waals surface area contributed by atoms with Gasteiger partial charge in [-0.15, -0.1) is 0 Å². The molecule has 2 N–H and O–H groups in total. The molecule has 1 rings (SSSR count). The minimum Gasteiger partial charge on any atom is -0.462 e. The maximum atomic E-state index is 8.80. The van der Waals surface area contributed by atoms with Gasteiger partial charge < -0.3 is 19.6 Å². The quantitative estimate of drug-likeness (QED) is 0.716. The van der Waals surface area contributed by atoms with E-state index in [-0.39, 0.29) is 12.7 Å². The van der Waals surface area contributed by atoms with Crippen molar-refractivity contribution in [1.82, 2.24) is 5.32 Å². The summed E-state index contributed by atoms with van der Waals surface area (Å²) in [5.74, 6) is 1.44. The van der Waals surface area contributed by atoms with Crippen LogP contribution < -0.4 is 5.32 Å². The average Bonchev–Trinajstić information content (AvgIpc) is 2.66. The van der Waals surface area contributed by atoms with Crippen molar-refractivity contribution in [3.63, 3.8) is 0 Å². The van der Waals surface area contributed by atoms with Gasteiger partial charge in [-0.05, 0) is 26.0 Å². The molecule has 0 aliphatic carbocycles. The smallest absolute Gasteiger partial charge is 0.129 e. The summed E-state index contributed by atoms with van der Waals surface area (Å²) in [5, 5.41) is 12.0. The molecule has 0 aromatic carbocycles. The Labute approximate surface area is 90.2 Å². The molecule has 4 nitrogen and oxygen atoms in total. The first-order valence-electron chi connectivity index (χ1n) is 5.27. The van der Waals surface area contributed by atoms with E-state index in [1.165, 1.54) is 0 Å². The standard InChI is InChI=1S/C11H19NO3/c1-3-14-9(2)6-12-7-10-4-5-11(8-13)15-10/h4-5,9,12-13H,3,6-8H2,1-2H3. The van der Waals surface area contributed by atoms with Crippen LogP contribution in [0.25, 0.3) is 0 Å². The van der Waals surface area contributed by atoms with Gasteiger partial charge in [0.25, 0.3) is 0 Å². The van der Waals surface area contributed by atoms with Crippen molar-refractivity contribution >= 4 is 0 Å². The molecule has 0 saturated heterocycles. The number of ether oxygens (including phenoxy) is 1. The van der Waals surface area contributed by atoms with Gasteiger partial charge >= 0.3 is 0 Å². The Kier molecular flexibility index (Phi) is 5.39. The number of furan rings is 1. The van der Waals surface area contributed by atoms with Gasteiger partial charge in [0.1, 0.15) is 18.1 Å². The maximum Gasteiger partial charge on any atom is 0.129 e. The summed E-state index contributed by atoms with van der Waals surface area (Å²) in [4.78, 5) is 0. The van der Waals surface area contributed by atoms with Crippen molar-refractivity contribution in [2.24, 2.45) is 0 Å². The highest BCUT2D eigenvalue weighted by atomic mass is 16.5. The number of hydrogen-bond acceptors (Lipinski definition) is 4. The highest BCUT2D eigenvalue weighted by molar-refractivity contribution is 5.05. The van der Waals surface area contributed by atoms with E-state index in [0.717, 1.165) is 18.9 Å². The van der Waals surface area contributed by atoms with E-state index in [1.807, 2.05) is 19.9 Å². The van der Waals surface area contributed by atoms with Crippen LogP contribution in [0.3, 0.4) is 0 Å². The largest absolute Gasteiger partial charge is 0.462 e. The van der Waals surface area contributed by atoms with Crippen molar-refractivity contribution in [1.29, 1.82) is 0 Å². The molecule has 0 aliphatic rings. The van der Waals surface area contributed by atoms with E-state index in [2.05, 4.69) is 5.32 Å². The zero-order valence-electron chi connectivity index (χ0n) is 9.32. The van der Waals surface area contributed by atoms with Crippen LogP contribution in [0, 0.1) is 0 Å². The maximum absolute atomic E-state index is 8.80. The zero-order valence-corrected chi connectivity index (χ0v) is 9.32. The Morgan fingerprint density at radius 3 is 2.80 bits per heavy atom. The van der Waals surface area contributed by atoms with Crippen LogP contribution in [0.2, 0.25) is 0 Å². The Hall–Kier alpha value is -0.840. The third-order valence-corrected chi connectivity index (χ3v) is 2.06. The van der Waals surface area contributed by atoms with Gasteiger partial charge in [-0.25, -0.2) is 0 Å².